The summed E-state index contributed by atoms with van der Waals surface area (Å²) in [5.74, 6) is 0. The first-order valence-electron chi connectivity index (χ1n) is 3.70. The van der Waals surface area contributed by atoms with Gasteiger partial charge in [0.15, 0.2) is 0 Å². The van der Waals surface area contributed by atoms with E-state index in [2.05, 4.69) is 0 Å². The van der Waals surface area contributed by atoms with Crippen molar-refractivity contribution in [2.45, 2.75) is 25.6 Å². The molecule has 1 aliphatic rings. The van der Waals surface area contributed by atoms with Crippen molar-refractivity contribution in [2.24, 2.45) is 0 Å². The lowest BCUT2D eigenvalue weighted by Crippen LogP contribution is -2.37. The highest BCUT2D eigenvalue weighted by molar-refractivity contribution is 4.65. The van der Waals surface area contributed by atoms with Crippen molar-refractivity contribution in [2.75, 3.05) is 19.8 Å². The van der Waals surface area contributed by atoms with Gasteiger partial charge in [0.2, 0.25) is 0 Å². The average Bonchev–Trinajstić information content (AvgIpc) is 1.84. The average molecular weight is 146 g/mol. The van der Waals surface area contributed by atoms with Gasteiger partial charge in [0, 0.05) is 0 Å². The van der Waals surface area contributed by atoms with E-state index < -0.39 is 0 Å². The first-order valence-corrected chi connectivity index (χ1v) is 3.70. The Bertz CT molecular complexity index is 86.1. The number of aliphatic hydroxyl groups is 1. The summed E-state index contributed by atoms with van der Waals surface area (Å²) >= 11 is 0. The van der Waals surface area contributed by atoms with Crippen molar-refractivity contribution < 1.29 is 14.6 Å². The number of rotatable bonds is 4. The van der Waals surface area contributed by atoms with E-state index in [1.807, 2.05) is 6.92 Å². The standard InChI is InChI=1S/C7H14O3/c1-2-6(8)3-10-7-4-9-5-7/h6-8H,2-5H2,1H3. The number of aliphatic hydroxyl groups excluding tert-OH is 1. The Hall–Kier alpha value is -0.120. The van der Waals surface area contributed by atoms with Gasteiger partial charge in [0.05, 0.1) is 25.9 Å². The Morgan fingerprint density at radius 2 is 2.40 bits per heavy atom. The van der Waals surface area contributed by atoms with Crippen LogP contribution in [0.4, 0.5) is 0 Å². The zero-order valence-corrected chi connectivity index (χ0v) is 6.25. The molecule has 3 nitrogen and oxygen atoms in total. The highest BCUT2D eigenvalue weighted by Crippen LogP contribution is 2.05. The van der Waals surface area contributed by atoms with Crippen molar-refractivity contribution in [3.05, 3.63) is 0 Å². The first-order chi connectivity index (χ1) is 4.83. The van der Waals surface area contributed by atoms with Crippen molar-refractivity contribution in [3.8, 4) is 0 Å². The van der Waals surface area contributed by atoms with Gasteiger partial charge in [-0.25, -0.2) is 0 Å². The molecule has 0 spiro atoms. The van der Waals surface area contributed by atoms with Gasteiger partial charge in [-0.15, -0.1) is 0 Å². The van der Waals surface area contributed by atoms with E-state index in [1.54, 1.807) is 0 Å². The molecular formula is C7H14O3. The second-order valence-corrected chi connectivity index (χ2v) is 2.55. The summed E-state index contributed by atoms with van der Waals surface area (Å²) < 4.78 is 10.1. The van der Waals surface area contributed by atoms with Crippen LogP contribution in [-0.4, -0.2) is 37.1 Å². The molecule has 10 heavy (non-hydrogen) atoms. The molecule has 0 aromatic carbocycles. The van der Waals surface area contributed by atoms with Crippen LogP contribution in [0.2, 0.25) is 0 Å². The summed E-state index contributed by atoms with van der Waals surface area (Å²) in [4.78, 5) is 0. The summed E-state index contributed by atoms with van der Waals surface area (Å²) in [6, 6.07) is 0. The Morgan fingerprint density at radius 3 is 2.80 bits per heavy atom. The van der Waals surface area contributed by atoms with Gasteiger partial charge in [0.1, 0.15) is 6.10 Å². The Labute approximate surface area is 60.9 Å². The van der Waals surface area contributed by atoms with E-state index in [9.17, 15) is 0 Å². The summed E-state index contributed by atoms with van der Waals surface area (Å²) in [6.45, 7) is 3.77. The fourth-order valence-electron chi connectivity index (χ4n) is 0.675. The number of ether oxygens (including phenoxy) is 2. The van der Waals surface area contributed by atoms with Crippen LogP contribution in [0, 0.1) is 0 Å². The Kier molecular flexibility index (Phi) is 3.12. The van der Waals surface area contributed by atoms with Gasteiger partial charge in [-0.2, -0.15) is 0 Å². The van der Waals surface area contributed by atoms with Crippen molar-refractivity contribution in [3.63, 3.8) is 0 Å². The zero-order valence-electron chi connectivity index (χ0n) is 6.25. The third-order valence-corrected chi connectivity index (χ3v) is 1.60. The van der Waals surface area contributed by atoms with Gasteiger partial charge in [0.25, 0.3) is 0 Å². The molecule has 0 aliphatic carbocycles. The topological polar surface area (TPSA) is 38.7 Å². The molecule has 1 aliphatic heterocycles. The fraction of sp³-hybridized carbons (Fsp3) is 1.00. The molecule has 1 N–H and O–H groups in total. The van der Waals surface area contributed by atoms with Gasteiger partial charge in [-0.1, -0.05) is 6.92 Å². The van der Waals surface area contributed by atoms with Crippen molar-refractivity contribution in [1.29, 1.82) is 0 Å². The van der Waals surface area contributed by atoms with Gasteiger partial charge < -0.3 is 14.6 Å². The quantitative estimate of drug-likeness (QED) is 0.614. The molecule has 1 atom stereocenters. The van der Waals surface area contributed by atoms with Crippen LogP contribution in [0.25, 0.3) is 0 Å². The smallest absolute Gasteiger partial charge is 0.104 e. The SMILES string of the molecule is CCC(O)COC1COC1. The molecule has 3 heteroatoms. The third kappa shape index (κ3) is 2.25. The molecule has 60 valence electrons. The maximum absolute atomic E-state index is 9.06. The van der Waals surface area contributed by atoms with Crippen molar-refractivity contribution >= 4 is 0 Å². The molecule has 0 aromatic rings. The lowest BCUT2D eigenvalue weighted by Gasteiger charge is -2.26. The van der Waals surface area contributed by atoms with Gasteiger partial charge >= 0.3 is 0 Å². The van der Waals surface area contributed by atoms with Crippen LogP contribution in [0.5, 0.6) is 0 Å². The second-order valence-electron chi connectivity index (χ2n) is 2.55. The first kappa shape index (κ1) is 7.98. The molecule has 1 heterocycles. The number of hydrogen-bond donors (Lipinski definition) is 1. The molecule has 1 rings (SSSR count). The monoisotopic (exact) mass is 146 g/mol. The highest BCUT2D eigenvalue weighted by Gasteiger charge is 2.19. The maximum atomic E-state index is 9.06. The predicted octanol–water partition coefficient (Wildman–Crippen LogP) is 0.173. The summed E-state index contributed by atoms with van der Waals surface area (Å²) in [6.07, 6.45) is 0.690. The van der Waals surface area contributed by atoms with E-state index in [0.29, 0.717) is 19.8 Å². The zero-order chi connectivity index (χ0) is 7.40. The van der Waals surface area contributed by atoms with E-state index in [1.165, 1.54) is 0 Å². The number of hydrogen-bond acceptors (Lipinski definition) is 3. The summed E-state index contributed by atoms with van der Waals surface area (Å²) in [5, 5.41) is 9.06. The molecule has 1 fully saturated rings. The lowest BCUT2D eigenvalue weighted by atomic mass is 10.3. The van der Waals surface area contributed by atoms with E-state index >= 15 is 0 Å². The van der Waals surface area contributed by atoms with E-state index in [0.717, 1.165) is 6.42 Å². The van der Waals surface area contributed by atoms with Crippen LogP contribution < -0.4 is 0 Å². The minimum Gasteiger partial charge on any atom is -0.391 e. The van der Waals surface area contributed by atoms with Gasteiger partial charge in [-0.3, -0.25) is 0 Å². The second kappa shape index (κ2) is 3.91. The van der Waals surface area contributed by atoms with E-state index in [4.69, 9.17) is 14.6 Å². The molecule has 0 radical (unpaired) electrons. The highest BCUT2D eigenvalue weighted by atomic mass is 16.6. The molecule has 1 unspecified atom stereocenters. The maximum Gasteiger partial charge on any atom is 0.104 e. The predicted molar refractivity (Wildman–Crippen MR) is 36.9 cm³/mol. The van der Waals surface area contributed by atoms with Crippen LogP contribution in [0.1, 0.15) is 13.3 Å². The van der Waals surface area contributed by atoms with E-state index in [-0.39, 0.29) is 12.2 Å². The molecule has 1 saturated heterocycles. The van der Waals surface area contributed by atoms with Crippen LogP contribution in [-0.2, 0) is 9.47 Å². The van der Waals surface area contributed by atoms with Crippen molar-refractivity contribution in [1.82, 2.24) is 0 Å². The molecule has 0 saturated carbocycles. The normalized spacial score (nSPS) is 22.2. The van der Waals surface area contributed by atoms with Crippen LogP contribution in [0.15, 0.2) is 0 Å². The lowest BCUT2D eigenvalue weighted by molar-refractivity contribution is -0.143. The molecule has 0 bridgehead atoms. The van der Waals surface area contributed by atoms with Crippen LogP contribution >= 0.6 is 0 Å². The summed E-state index contributed by atoms with van der Waals surface area (Å²) in [7, 11) is 0. The molecular weight excluding hydrogens is 132 g/mol. The minimum absolute atomic E-state index is 0.237. The van der Waals surface area contributed by atoms with Gasteiger partial charge in [-0.05, 0) is 6.42 Å². The third-order valence-electron chi connectivity index (χ3n) is 1.60. The molecule has 0 aromatic heterocycles. The Morgan fingerprint density at radius 1 is 1.70 bits per heavy atom. The Balaban J connectivity index is 1.93. The largest absolute Gasteiger partial charge is 0.391 e. The molecule has 0 amide bonds. The minimum atomic E-state index is -0.305. The fourth-order valence-corrected chi connectivity index (χ4v) is 0.675. The summed E-state index contributed by atoms with van der Waals surface area (Å²) in [5.41, 5.74) is 0. The van der Waals surface area contributed by atoms with Crippen LogP contribution in [0.3, 0.4) is 0 Å².